The molecule has 0 saturated carbocycles. The first-order chi connectivity index (χ1) is 9.15. The molecule has 1 aliphatic heterocycles. The van der Waals surface area contributed by atoms with Gasteiger partial charge in [0.05, 0.1) is 29.2 Å². The summed E-state index contributed by atoms with van der Waals surface area (Å²) in [7, 11) is 0. The Bertz CT molecular complexity index is 632. The molecule has 0 aliphatic carbocycles. The second kappa shape index (κ2) is 4.62. The molecule has 1 saturated heterocycles. The van der Waals surface area contributed by atoms with Crippen molar-refractivity contribution < 1.29 is 19.0 Å². The van der Waals surface area contributed by atoms with Gasteiger partial charge in [-0.15, -0.1) is 0 Å². The number of carboxylic acids is 1. The highest BCUT2D eigenvalue weighted by Crippen LogP contribution is 2.21. The molecule has 5 nitrogen and oxygen atoms in total. The van der Waals surface area contributed by atoms with Crippen LogP contribution in [0.15, 0.2) is 18.2 Å². The zero-order valence-corrected chi connectivity index (χ0v) is 10.2. The maximum absolute atomic E-state index is 13.8. The molecule has 100 valence electrons. The number of carbonyl (C=O) groups is 1. The maximum atomic E-state index is 13.8. The van der Waals surface area contributed by atoms with Crippen LogP contribution in [0.5, 0.6) is 0 Å². The number of hydrogen-bond acceptors (Lipinski definition) is 3. The highest BCUT2D eigenvalue weighted by Gasteiger charge is 2.20. The molecule has 1 aromatic carbocycles. The fourth-order valence-corrected chi connectivity index (χ4v) is 2.39. The molecule has 1 atom stereocenters. The van der Waals surface area contributed by atoms with E-state index in [1.807, 2.05) is 0 Å². The van der Waals surface area contributed by atoms with Crippen molar-refractivity contribution in [3.05, 3.63) is 29.8 Å². The Hall–Kier alpha value is -1.95. The summed E-state index contributed by atoms with van der Waals surface area (Å²) in [5.74, 6) is -1.04. The van der Waals surface area contributed by atoms with Crippen LogP contribution in [0.25, 0.3) is 11.0 Å². The van der Waals surface area contributed by atoms with Gasteiger partial charge in [0.15, 0.2) is 0 Å². The lowest BCUT2D eigenvalue weighted by Crippen LogP contribution is -2.16. The summed E-state index contributed by atoms with van der Waals surface area (Å²) in [6.07, 6.45) is 1.23. The summed E-state index contributed by atoms with van der Waals surface area (Å²) in [5.41, 5.74) is 1.08. The molecule has 1 aromatic heterocycles. The van der Waals surface area contributed by atoms with Gasteiger partial charge in [-0.2, -0.15) is 4.39 Å². The zero-order chi connectivity index (χ0) is 13.4. The Balaban J connectivity index is 2.03. The van der Waals surface area contributed by atoms with Gasteiger partial charge in [0.25, 0.3) is 6.08 Å². The van der Waals surface area contributed by atoms with Crippen LogP contribution in [-0.2, 0) is 11.3 Å². The van der Waals surface area contributed by atoms with E-state index in [0.29, 0.717) is 24.2 Å². The van der Waals surface area contributed by atoms with Crippen LogP contribution in [0.3, 0.4) is 0 Å². The number of rotatable bonds is 3. The summed E-state index contributed by atoms with van der Waals surface area (Å²) in [6.45, 7) is 1.06. The lowest BCUT2D eigenvalue weighted by Gasteiger charge is -2.11. The van der Waals surface area contributed by atoms with E-state index in [4.69, 9.17) is 9.84 Å². The fraction of sp³-hybridized carbons (Fsp3) is 0.385. The molecule has 2 aromatic rings. The smallest absolute Gasteiger partial charge is 0.335 e. The predicted molar refractivity (Wildman–Crippen MR) is 65.6 cm³/mol. The molecule has 1 N–H and O–H groups in total. The highest BCUT2D eigenvalue weighted by molar-refractivity contribution is 5.92. The third-order valence-corrected chi connectivity index (χ3v) is 3.36. The maximum Gasteiger partial charge on any atom is 0.335 e. The van der Waals surface area contributed by atoms with Gasteiger partial charge < -0.3 is 9.84 Å². The molecule has 0 amide bonds. The monoisotopic (exact) mass is 264 g/mol. The predicted octanol–water partition coefficient (Wildman–Crippen LogP) is 2.05. The first-order valence-corrected chi connectivity index (χ1v) is 6.16. The first-order valence-electron chi connectivity index (χ1n) is 6.16. The van der Waals surface area contributed by atoms with Crippen LogP contribution in [0.2, 0.25) is 0 Å². The van der Waals surface area contributed by atoms with E-state index in [2.05, 4.69) is 4.98 Å². The van der Waals surface area contributed by atoms with Crippen molar-refractivity contribution in [2.24, 2.45) is 0 Å². The van der Waals surface area contributed by atoms with Crippen LogP contribution >= 0.6 is 0 Å². The standard InChI is InChI=1S/C13H13FN2O3/c14-13-15-10-4-3-8(12(17)18)6-11(10)16(13)7-9-2-1-5-19-9/h3-4,6,9H,1-2,5,7H2,(H,17,18). The number of nitrogens with zero attached hydrogens (tertiary/aromatic N) is 2. The molecule has 2 heterocycles. The summed E-state index contributed by atoms with van der Waals surface area (Å²) in [6, 6.07) is 4.39. The second-order valence-corrected chi connectivity index (χ2v) is 4.64. The molecule has 1 aliphatic rings. The summed E-state index contributed by atoms with van der Waals surface area (Å²) in [4.78, 5) is 14.8. The Kier molecular flexibility index (Phi) is 2.94. The Morgan fingerprint density at radius 2 is 2.42 bits per heavy atom. The minimum absolute atomic E-state index is 0.0274. The van der Waals surface area contributed by atoms with E-state index in [0.717, 1.165) is 12.8 Å². The van der Waals surface area contributed by atoms with E-state index in [1.54, 1.807) is 0 Å². The first kappa shape index (κ1) is 12.1. The summed E-state index contributed by atoms with van der Waals surface area (Å²) >= 11 is 0. The number of imidazole rings is 1. The number of aromatic carboxylic acids is 1. The van der Waals surface area contributed by atoms with Gasteiger partial charge in [-0.05, 0) is 31.0 Å². The molecule has 19 heavy (non-hydrogen) atoms. The third-order valence-electron chi connectivity index (χ3n) is 3.36. The molecular formula is C13H13FN2O3. The van der Waals surface area contributed by atoms with Crippen LogP contribution in [0.4, 0.5) is 4.39 Å². The van der Waals surface area contributed by atoms with Crippen LogP contribution in [0, 0.1) is 6.08 Å². The topological polar surface area (TPSA) is 64.3 Å². The van der Waals surface area contributed by atoms with E-state index >= 15 is 0 Å². The highest BCUT2D eigenvalue weighted by atomic mass is 19.1. The SMILES string of the molecule is O=C(O)c1ccc2nc(F)n(CC3CCCO3)c2c1. The van der Waals surface area contributed by atoms with Gasteiger partial charge in [0.1, 0.15) is 0 Å². The van der Waals surface area contributed by atoms with Crippen molar-refractivity contribution in [2.75, 3.05) is 6.61 Å². The molecule has 3 rings (SSSR count). The minimum Gasteiger partial charge on any atom is -0.478 e. The number of fused-ring (bicyclic) bond motifs is 1. The molecule has 1 fully saturated rings. The Morgan fingerprint density at radius 3 is 3.11 bits per heavy atom. The van der Waals surface area contributed by atoms with Gasteiger partial charge in [0.2, 0.25) is 0 Å². The lowest BCUT2D eigenvalue weighted by atomic mass is 10.2. The second-order valence-electron chi connectivity index (χ2n) is 4.64. The van der Waals surface area contributed by atoms with Crippen molar-refractivity contribution in [3.63, 3.8) is 0 Å². The van der Waals surface area contributed by atoms with Gasteiger partial charge in [-0.25, -0.2) is 9.78 Å². The van der Waals surface area contributed by atoms with E-state index in [1.165, 1.54) is 22.8 Å². The van der Waals surface area contributed by atoms with Crippen LogP contribution < -0.4 is 0 Å². The number of halogens is 1. The van der Waals surface area contributed by atoms with Crippen LogP contribution in [0.1, 0.15) is 23.2 Å². The number of benzene rings is 1. The Morgan fingerprint density at radius 1 is 1.58 bits per heavy atom. The van der Waals surface area contributed by atoms with Gasteiger partial charge in [0, 0.05) is 6.61 Å². The summed E-state index contributed by atoms with van der Waals surface area (Å²) < 4.78 is 20.7. The van der Waals surface area contributed by atoms with Crippen molar-refractivity contribution in [1.29, 1.82) is 0 Å². The number of aromatic nitrogens is 2. The van der Waals surface area contributed by atoms with Gasteiger partial charge in [-0.1, -0.05) is 0 Å². The number of carboxylic acid groups (broad SMARTS) is 1. The van der Waals surface area contributed by atoms with Crippen molar-refractivity contribution in [3.8, 4) is 0 Å². The molecule has 1 unspecified atom stereocenters. The molecular weight excluding hydrogens is 251 g/mol. The zero-order valence-electron chi connectivity index (χ0n) is 10.2. The molecule has 6 heteroatoms. The molecule has 0 radical (unpaired) electrons. The average molecular weight is 264 g/mol. The average Bonchev–Trinajstić information content (AvgIpc) is 2.98. The quantitative estimate of drug-likeness (QED) is 0.921. The van der Waals surface area contributed by atoms with Crippen molar-refractivity contribution in [1.82, 2.24) is 9.55 Å². The van der Waals surface area contributed by atoms with E-state index < -0.39 is 12.0 Å². The lowest BCUT2D eigenvalue weighted by molar-refractivity contribution is 0.0697. The van der Waals surface area contributed by atoms with Crippen LogP contribution in [-0.4, -0.2) is 33.3 Å². The van der Waals surface area contributed by atoms with Gasteiger partial charge in [-0.3, -0.25) is 4.57 Å². The fourth-order valence-electron chi connectivity index (χ4n) is 2.39. The summed E-state index contributed by atoms with van der Waals surface area (Å²) in [5, 5.41) is 8.98. The van der Waals surface area contributed by atoms with E-state index in [9.17, 15) is 9.18 Å². The van der Waals surface area contributed by atoms with Gasteiger partial charge >= 0.3 is 5.97 Å². The number of hydrogen-bond donors (Lipinski definition) is 1. The molecule has 0 bridgehead atoms. The largest absolute Gasteiger partial charge is 0.478 e. The normalized spacial score (nSPS) is 19.1. The minimum atomic E-state index is -1.04. The van der Waals surface area contributed by atoms with E-state index in [-0.39, 0.29) is 11.7 Å². The van der Waals surface area contributed by atoms with Crippen molar-refractivity contribution >= 4 is 17.0 Å². The third kappa shape index (κ3) is 2.19. The Labute approximate surface area is 108 Å². The number of ether oxygens (including phenoxy) is 1. The molecule has 0 spiro atoms. The van der Waals surface area contributed by atoms with Crippen molar-refractivity contribution in [2.45, 2.75) is 25.5 Å².